The zero-order valence-electron chi connectivity index (χ0n) is 8.39. The maximum Gasteiger partial charge on any atom is 0.200 e. The van der Waals surface area contributed by atoms with Gasteiger partial charge in [0.05, 0.1) is 6.04 Å². The van der Waals surface area contributed by atoms with Crippen molar-refractivity contribution < 1.29 is 0 Å². The van der Waals surface area contributed by atoms with E-state index >= 15 is 0 Å². The first kappa shape index (κ1) is 10.2. The molecule has 2 N–H and O–H groups in total. The van der Waals surface area contributed by atoms with Gasteiger partial charge < -0.3 is 10.3 Å². The fourth-order valence-electron chi connectivity index (χ4n) is 1.58. The van der Waals surface area contributed by atoms with E-state index in [0.717, 1.165) is 4.47 Å². The van der Waals surface area contributed by atoms with E-state index in [9.17, 15) is 0 Å². The van der Waals surface area contributed by atoms with E-state index in [1.54, 1.807) is 6.20 Å². The number of nitrogen functional groups attached to an aromatic ring is 1. The summed E-state index contributed by atoms with van der Waals surface area (Å²) in [6.45, 7) is 2.10. The smallest absolute Gasteiger partial charge is 0.200 e. The fraction of sp³-hybridized carbons (Fsp3) is 0.182. The molecule has 0 radical (unpaired) electrons. The number of aromatic nitrogens is 2. The molecule has 2 aromatic rings. The second kappa shape index (κ2) is 4.06. The minimum absolute atomic E-state index is 0.199. The van der Waals surface area contributed by atoms with Gasteiger partial charge in [-0.15, -0.1) is 0 Å². The molecule has 78 valence electrons. The summed E-state index contributed by atoms with van der Waals surface area (Å²) < 4.78 is 3.02. The van der Waals surface area contributed by atoms with Crippen molar-refractivity contribution in [2.24, 2.45) is 0 Å². The van der Waals surface area contributed by atoms with Gasteiger partial charge in [-0.3, -0.25) is 0 Å². The Hall–Kier alpha value is -1.29. The lowest BCUT2D eigenvalue weighted by atomic mass is 10.1. The summed E-state index contributed by atoms with van der Waals surface area (Å²) >= 11 is 3.46. The molecular formula is C11H12BrN3. The van der Waals surface area contributed by atoms with Crippen LogP contribution in [0.15, 0.2) is 41.1 Å². The minimum Gasteiger partial charge on any atom is -0.369 e. The predicted octanol–water partition coefficient (Wildman–Crippen LogP) is 2.84. The molecule has 4 heteroatoms. The van der Waals surface area contributed by atoms with Crippen LogP contribution in [0.5, 0.6) is 0 Å². The molecule has 0 bridgehead atoms. The highest BCUT2D eigenvalue weighted by molar-refractivity contribution is 9.10. The largest absolute Gasteiger partial charge is 0.369 e. The molecule has 0 fully saturated rings. The van der Waals surface area contributed by atoms with E-state index in [1.165, 1.54) is 5.56 Å². The van der Waals surface area contributed by atoms with E-state index in [1.807, 2.05) is 22.9 Å². The van der Waals surface area contributed by atoms with Crippen molar-refractivity contribution in [2.75, 3.05) is 5.73 Å². The van der Waals surface area contributed by atoms with Crippen molar-refractivity contribution in [2.45, 2.75) is 13.0 Å². The van der Waals surface area contributed by atoms with Crippen molar-refractivity contribution in [3.63, 3.8) is 0 Å². The Bertz CT molecular complexity index is 464. The number of imidazole rings is 1. The van der Waals surface area contributed by atoms with Gasteiger partial charge in [0.15, 0.2) is 0 Å². The molecule has 1 aromatic heterocycles. The lowest BCUT2D eigenvalue weighted by Crippen LogP contribution is -2.09. The SMILES string of the molecule is CC(c1cccc(Br)c1)n1ccnc1N. The molecule has 0 aliphatic carbocycles. The Morgan fingerprint density at radius 1 is 1.47 bits per heavy atom. The number of benzene rings is 1. The van der Waals surface area contributed by atoms with Crippen LogP contribution in [-0.4, -0.2) is 9.55 Å². The van der Waals surface area contributed by atoms with Crippen molar-refractivity contribution in [3.8, 4) is 0 Å². The zero-order chi connectivity index (χ0) is 10.8. The average molecular weight is 266 g/mol. The van der Waals surface area contributed by atoms with Gasteiger partial charge in [-0.25, -0.2) is 4.98 Å². The second-order valence-corrected chi connectivity index (χ2v) is 4.34. The van der Waals surface area contributed by atoms with Gasteiger partial charge in [-0.1, -0.05) is 28.1 Å². The van der Waals surface area contributed by atoms with Crippen LogP contribution in [0.4, 0.5) is 5.95 Å². The number of rotatable bonds is 2. The molecule has 0 saturated carbocycles. The molecule has 3 nitrogen and oxygen atoms in total. The highest BCUT2D eigenvalue weighted by atomic mass is 79.9. The van der Waals surface area contributed by atoms with Gasteiger partial charge >= 0.3 is 0 Å². The first-order valence-electron chi connectivity index (χ1n) is 4.72. The van der Waals surface area contributed by atoms with Crippen LogP contribution in [0.2, 0.25) is 0 Å². The van der Waals surface area contributed by atoms with Crippen molar-refractivity contribution in [1.29, 1.82) is 0 Å². The number of hydrogen-bond acceptors (Lipinski definition) is 2. The normalized spacial score (nSPS) is 12.7. The molecule has 15 heavy (non-hydrogen) atoms. The highest BCUT2D eigenvalue weighted by Crippen LogP contribution is 2.22. The second-order valence-electron chi connectivity index (χ2n) is 3.42. The van der Waals surface area contributed by atoms with E-state index in [4.69, 9.17) is 5.73 Å². The minimum atomic E-state index is 0.199. The third kappa shape index (κ3) is 2.04. The molecule has 2 rings (SSSR count). The Kier molecular flexibility index (Phi) is 2.77. The summed E-state index contributed by atoms with van der Waals surface area (Å²) in [6.07, 6.45) is 3.60. The third-order valence-corrected chi connectivity index (χ3v) is 2.94. The van der Waals surface area contributed by atoms with Crippen LogP contribution in [-0.2, 0) is 0 Å². The van der Waals surface area contributed by atoms with Crippen LogP contribution in [0.3, 0.4) is 0 Å². The third-order valence-electron chi connectivity index (χ3n) is 2.45. The summed E-state index contributed by atoms with van der Waals surface area (Å²) in [5, 5.41) is 0. The van der Waals surface area contributed by atoms with Gasteiger partial charge in [-0.2, -0.15) is 0 Å². The number of halogens is 1. The van der Waals surface area contributed by atoms with Crippen LogP contribution in [0, 0.1) is 0 Å². The fourth-order valence-corrected chi connectivity index (χ4v) is 2.00. The molecule has 0 aliphatic heterocycles. The zero-order valence-corrected chi connectivity index (χ0v) is 9.98. The van der Waals surface area contributed by atoms with Crippen LogP contribution >= 0.6 is 15.9 Å². The lowest BCUT2D eigenvalue weighted by molar-refractivity contribution is 0.648. The Morgan fingerprint density at radius 2 is 2.27 bits per heavy atom. The van der Waals surface area contributed by atoms with Gasteiger partial charge in [0, 0.05) is 16.9 Å². The van der Waals surface area contributed by atoms with E-state index < -0.39 is 0 Å². The maximum absolute atomic E-state index is 5.76. The Labute approximate surface area is 97.1 Å². The summed E-state index contributed by atoms with van der Waals surface area (Å²) in [7, 11) is 0. The standard InChI is InChI=1S/C11H12BrN3/c1-8(15-6-5-14-11(15)13)9-3-2-4-10(12)7-9/h2-8H,1H3,(H2,13,14). The Morgan fingerprint density at radius 3 is 2.87 bits per heavy atom. The topological polar surface area (TPSA) is 43.8 Å². The number of nitrogens with zero attached hydrogens (tertiary/aromatic N) is 2. The summed E-state index contributed by atoms with van der Waals surface area (Å²) in [5.41, 5.74) is 6.96. The number of anilines is 1. The molecule has 0 amide bonds. The summed E-state index contributed by atoms with van der Waals surface area (Å²) in [5.74, 6) is 0.544. The highest BCUT2D eigenvalue weighted by Gasteiger charge is 2.09. The molecule has 0 spiro atoms. The van der Waals surface area contributed by atoms with Crippen molar-refractivity contribution in [1.82, 2.24) is 9.55 Å². The lowest BCUT2D eigenvalue weighted by Gasteiger charge is -2.15. The molecule has 0 aliphatic rings. The van der Waals surface area contributed by atoms with Crippen LogP contribution in [0.1, 0.15) is 18.5 Å². The van der Waals surface area contributed by atoms with Gasteiger partial charge in [-0.05, 0) is 24.6 Å². The van der Waals surface area contributed by atoms with Crippen molar-refractivity contribution >= 4 is 21.9 Å². The van der Waals surface area contributed by atoms with E-state index in [2.05, 4.69) is 40.0 Å². The number of nitrogens with two attached hydrogens (primary N) is 1. The first-order valence-corrected chi connectivity index (χ1v) is 5.51. The molecule has 1 aromatic carbocycles. The maximum atomic E-state index is 5.76. The molecule has 1 heterocycles. The van der Waals surface area contributed by atoms with E-state index in [-0.39, 0.29) is 6.04 Å². The predicted molar refractivity (Wildman–Crippen MR) is 64.6 cm³/mol. The molecule has 0 saturated heterocycles. The van der Waals surface area contributed by atoms with Crippen LogP contribution < -0.4 is 5.73 Å². The van der Waals surface area contributed by atoms with Crippen molar-refractivity contribution in [3.05, 3.63) is 46.7 Å². The van der Waals surface area contributed by atoms with Gasteiger partial charge in [0.2, 0.25) is 5.95 Å². The Balaban J connectivity index is 2.36. The summed E-state index contributed by atoms with van der Waals surface area (Å²) in [4.78, 5) is 4.01. The monoisotopic (exact) mass is 265 g/mol. The summed E-state index contributed by atoms with van der Waals surface area (Å²) in [6, 6.07) is 8.39. The van der Waals surface area contributed by atoms with E-state index in [0.29, 0.717) is 5.95 Å². The first-order chi connectivity index (χ1) is 7.18. The average Bonchev–Trinajstić information content (AvgIpc) is 2.63. The van der Waals surface area contributed by atoms with Gasteiger partial charge in [0.25, 0.3) is 0 Å². The molecule has 1 unspecified atom stereocenters. The number of hydrogen-bond donors (Lipinski definition) is 1. The molecule has 1 atom stereocenters. The van der Waals surface area contributed by atoms with Gasteiger partial charge in [0.1, 0.15) is 0 Å². The molecular weight excluding hydrogens is 254 g/mol. The van der Waals surface area contributed by atoms with Crippen LogP contribution in [0.25, 0.3) is 0 Å². The quantitative estimate of drug-likeness (QED) is 0.908.